The number of hydrogen-bond acceptors (Lipinski definition) is 3. The smallest absolute Gasteiger partial charge is 0.191 e. The lowest BCUT2D eigenvalue weighted by Gasteiger charge is -2.22. The third-order valence-electron chi connectivity index (χ3n) is 4.82. The van der Waals surface area contributed by atoms with Crippen molar-refractivity contribution in [3.63, 3.8) is 0 Å². The minimum Gasteiger partial charge on any atom is -0.486 e. The average molecular weight is 513 g/mol. The molecule has 1 fully saturated rings. The van der Waals surface area contributed by atoms with Gasteiger partial charge in [-0.3, -0.25) is 4.99 Å². The van der Waals surface area contributed by atoms with Crippen LogP contribution in [0.1, 0.15) is 25.0 Å². The van der Waals surface area contributed by atoms with Gasteiger partial charge in [-0.1, -0.05) is 42.5 Å². The van der Waals surface area contributed by atoms with Crippen LogP contribution < -0.4 is 15.4 Å². The van der Waals surface area contributed by atoms with Gasteiger partial charge in [-0.15, -0.1) is 24.0 Å². The number of aliphatic imine (C=N–C) groups is 1. The quantitative estimate of drug-likeness (QED) is 0.332. The number of guanidine groups is 1. The highest BCUT2D eigenvalue weighted by molar-refractivity contribution is 14.0. The van der Waals surface area contributed by atoms with Crippen molar-refractivity contribution < 1.29 is 13.9 Å². The summed E-state index contributed by atoms with van der Waals surface area (Å²) in [6, 6.07) is 16.7. The van der Waals surface area contributed by atoms with E-state index in [-0.39, 0.29) is 47.8 Å². The molecule has 0 bridgehead atoms. The van der Waals surface area contributed by atoms with Gasteiger partial charge in [-0.25, -0.2) is 4.39 Å². The second-order valence-corrected chi connectivity index (χ2v) is 6.94. The van der Waals surface area contributed by atoms with E-state index in [4.69, 9.17) is 9.47 Å². The first-order valence-electron chi connectivity index (χ1n) is 9.69. The van der Waals surface area contributed by atoms with Gasteiger partial charge in [0.2, 0.25) is 0 Å². The van der Waals surface area contributed by atoms with Crippen LogP contribution in [0.4, 0.5) is 4.39 Å². The first-order valence-corrected chi connectivity index (χ1v) is 9.69. The van der Waals surface area contributed by atoms with E-state index in [1.165, 1.54) is 11.6 Å². The highest BCUT2D eigenvalue weighted by Gasteiger charge is 2.29. The lowest BCUT2D eigenvalue weighted by Crippen LogP contribution is -2.43. The first kappa shape index (κ1) is 23.4. The van der Waals surface area contributed by atoms with Crippen molar-refractivity contribution >= 4 is 29.9 Å². The zero-order chi connectivity index (χ0) is 19.8. The molecular formula is C22H29FIN3O2. The fourth-order valence-electron chi connectivity index (χ4n) is 3.34. The van der Waals surface area contributed by atoms with Crippen molar-refractivity contribution in [2.45, 2.75) is 25.6 Å². The van der Waals surface area contributed by atoms with Gasteiger partial charge in [-0.2, -0.15) is 0 Å². The summed E-state index contributed by atoms with van der Waals surface area (Å²) in [6.07, 6.45) is 0.911. The van der Waals surface area contributed by atoms with E-state index in [2.05, 4.69) is 27.8 Å². The molecule has 3 unspecified atom stereocenters. The van der Waals surface area contributed by atoms with E-state index in [0.29, 0.717) is 18.4 Å². The fourth-order valence-corrected chi connectivity index (χ4v) is 3.34. The van der Waals surface area contributed by atoms with Crippen LogP contribution in [0.15, 0.2) is 59.6 Å². The second-order valence-electron chi connectivity index (χ2n) is 6.94. The van der Waals surface area contributed by atoms with E-state index in [9.17, 15) is 4.39 Å². The average Bonchev–Trinajstić information content (AvgIpc) is 3.19. The minimum atomic E-state index is -0.356. The number of nitrogens with zero attached hydrogens (tertiary/aromatic N) is 1. The molecule has 29 heavy (non-hydrogen) atoms. The molecular weight excluding hydrogens is 484 g/mol. The normalized spacial score (nSPS) is 19.9. The van der Waals surface area contributed by atoms with Gasteiger partial charge >= 0.3 is 0 Å². The number of halogens is 2. The molecule has 0 radical (unpaired) electrons. The Kier molecular flexibility index (Phi) is 9.66. The molecule has 3 rings (SSSR count). The molecule has 2 aromatic carbocycles. The van der Waals surface area contributed by atoms with Crippen LogP contribution in [-0.2, 0) is 4.74 Å². The Morgan fingerprint density at radius 3 is 2.62 bits per heavy atom. The molecule has 1 heterocycles. The van der Waals surface area contributed by atoms with Gasteiger partial charge in [0.1, 0.15) is 6.10 Å². The van der Waals surface area contributed by atoms with Crippen molar-refractivity contribution in [1.29, 1.82) is 0 Å². The van der Waals surface area contributed by atoms with Gasteiger partial charge in [0.05, 0.1) is 12.6 Å². The largest absolute Gasteiger partial charge is 0.486 e. The summed E-state index contributed by atoms with van der Waals surface area (Å²) in [7, 11) is 1.73. The Hall–Kier alpha value is -1.87. The van der Waals surface area contributed by atoms with Crippen LogP contribution in [-0.4, -0.2) is 38.8 Å². The number of ether oxygens (including phenoxy) is 2. The van der Waals surface area contributed by atoms with Gasteiger partial charge in [0.25, 0.3) is 0 Å². The summed E-state index contributed by atoms with van der Waals surface area (Å²) < 4.78 is 25.3. The molecule has 0 saturated carbocycles. The molecule has 1 aliphatic rings. The summed E-state index contributed by atoms with van der Waals surface area (Å²) in [5.74, 6) is 0.981. The number of benzene rings is 2. The minimum absolute atomic E-state index is 0. The molecule has 158 valence electrons. The molecule has 0 amide bonds. The van der Waals surface area contributed by atoms with Gasteiger partial charge in [0, 0.05) is 26.1 Å². The van der Waals surface area contributed by atoms with Crippen LogP contribution in [0.3, 0.4) is 0 Å². The molecule has 2 aromatic rings. The Balaban J connectivity index is 0.00000300. The number of rotatable bonds is 7. The molecule has 0 spiro atoms. The molecule has 1 saturated heterocycles. The predicted octanol–water partition coefficient (Wildman–Crippen LogP) is 4.15. The third kappa shape index (κ3) is 6.85. The van der Waals surface area contributed by atoms with Crippen molar-refractivity contribution in [3.05, 3.63) is 66.0 Å². The molecule has 5 nitrogen and oxygen atoms in total. The SMILES string of the molecule is CN=C(NCC(C)Oc1ccccc1F)NCC1CCOC1c1ccccc1.I. The topological polar surface area (TPSA) is 54.9 Å². The molecule has 0 aliphatic carbocycles. The summed E-state index contributed by atoms with van der Waals surface area (Å²) in [4.78, 5) is 4.27. The zero-order valence-electron chi connectivity index (χ0n) is 16.8. The van der Waals surface area contributed by atoms with Gasteiger partial charge in [0.15, 0.2) is 17.5 Å². The van der Waals surface area contributed by atoms with Crippen molar-refractivity contribution in [2.24, 2.45) is 10.9 Å². The summed E-state index contributed by atoms with van der Waals surface area (Å²) >= 11 is 0. The molecule has 0 aromatic heterocycles. The Morgan fingerprint density at radius 2 is 1.90 bits per heavy atom. The fraction of sp³-hybridized carbons (Fsp3) is 0.409. The van der Waals surface area contributed by atoms with Crippen molar-refractivity contribution in [1.82, 2.24) is 10.6 Å². The van der Waals surface area contributed by atoms with Gasteiger partial charge < -0.3 is 20.1 Å². The Morgan fingerprint density at radius 1 is 1.17 bits per heavy atom. The van der Waals surface area contributed by atoms with Crippen LogP contribution in [0.5, 0.6) is 5.75 Å². The Bertz CT molecular complexity index is 776. The highest BCUT2D eigenvalue weighted by Crippen LogP contribution is 2.33. The third-order valence-corrected chi connectivity index (χ3v) is 4.82. The lowest BCUT2D eigenvalue weighted by atomic mass is 9.95. The maximum Gasteiger partial charge on any atom is 0.191 e. The zero-order valence-corrected chi connectivity index (χ0v) is 19.1. The summed E-state index contributed by atoms with van der Waals surface area (Å²) in [6.45, 7) is 3.94. The van der Waals surface area contributed by atoms with Crippen LogP contribution in [0, 0.1) is 11.7 Å². The molecule has 1 aliphatic heterocycles. The standard InChI is InChI=1S/C22H28FN3O2.HI/c1-16(28-20-11-7-6-10-19(20)23)14-25-22(24-2)26-15-18-12-13-27-21(18)17-8-4-3-5-9-17;/h3-11,16,18,21H,12-15H2,1-2H3,(H2,24,25,26);1H. The first-order chi connectivity index (χ1) is 13.7. The molecule has 7 heteroatoms. The van der Waals surface area contributed by atoms with Crippen LogP contribution in [0.25, 0.3) is 0 Å². The summed E-state index contributed by atoms with van der Waals surface area (Å²) in [5.41, 5.74) is 1.21. The lowest BCUT2D eigenvalue weighted by molar-refractivity contribution is 0.0915. The maximum atomic E-state index is 13.7. The van der Waals surface area contributed by atoms with E-state index >= 15 is 0 Å². The van der Waals surface area contributed by atoms with Crippen LogP contribution in [0.2, 0.25) is 0 Å². The predicted molar refractivity (Wildman–Crippen MR) is 125 cm³/mol. The van der Waals surface area contributed by atoms with Crippen LogP contribution >= 0.6 is 24.0 Å². The second kappa shape index (κ2) is 12.0. The van der Waals surface area contributed by atoms with Crippen molar-refractivity contribution in [2.75, 3.05) is 26.7 Å². The van der Waals surface area contributed by atoms with E-state index < -0.39 is 0 Å². The molecule has 2 N–H and O–H groups in total. The number of hydrogen-bond donors (Lipinski definition) is 2. The monoisotopic (exact) mass is 513 g/mol. The Labute approximate surface area is 189 Å². The number of nitrogens with one attached hydrogen (secondary N) is 2. The van der Waals surface area contributed by atoms with Gasteiger partial charge in [-0.05, 0) is 31.0 Å². The molecule has 3 atom stereocenters. The van der Waals surface area contributed by atoms with E-state index in [1.807, 2.05) is 25.1 Å². The van der Waals surface area contributed by atoms with E-state index in [0.717, 1.165) is 19.6 Å². The highest BCUT2D eigenvalue weighted by atomic mass is 127. The van der Waals surface area contributed by atoms with E-state index in [1.54, 1.807) is 25.2 Å². The number of para-hydroxylation sites is 1. The van der Waals surface area contributed by atoms with Crippen molar-refractivity contribution in [3.8, 4) is 5.75 Å². The maximum absolute atomic E-state index is 13.7. The summed E-state index contributed by atoms with van der Waals surface area (Å²) in [5, 5.41) is 6.61.